The second-order valence-corrected chi connectivity index (χ2v) is 6.06. The number of aryl methyl sites for hydroxylation is 1. The molecule has 26 heavy (non-hydrogen) atoms. The Bertz CT molecular complexity index is 946. The van der Waals surface area contributed by atoms with Gasteiger partial charge in [0.05, 0.1) is 5.39 Å². The average Bonchev–Trinajstić information content (AvgIpc) is 2.65. The maximum absolute atomic E-state index is 14.6. The van der Waals surface area contributed by atoms with E-state index in [4.69, 9.17) is 4.74 Å². The van der Waals surface area contributed by atoms with Gasteiger partial charge in [-0.05, 0) is 41.1 Å². The van der Waals surface area contributed by atoms with Crippen molar-refractivity contribution in [2.45, 2.75) is 19.8 Å². The van der Waals surface area contributed by atoms with Gasteiger partial charge in [-0.15, -0.1) is 0 Å². The molecule has 0 aliphatic rings. The van der Waals surface area contributed by atoms with Gasteiger partial charge in [0.25, 0.3) is 0 Å². The molecule has 0 atom stereocenters. The van der Waals surface area contributed by atoms with Crippen molar-refractivity contribution in [3.63, 3.8) is 0 Å². The van der Waals surface area contributed by atoms with Gasteiger partial charge in [-0.2, -0.15) is 0 Å². The molecular weight excluding hydrogens is 337 g/mol. The predicted octanol–water partition coefficient (Wildman–Crippen LogP) is 6.44. The predicted molar refractivity (Wildman–Crippen MR) is 98.9 cm³/mol. The first-order valence-corrected chi connectivity index (χ1v) is 8.50. The van der Waals surface area contributed by atoms with E-state index in [0.29, 0.717) is 35.3 Å². The fourth-order valence-corrected chi connectivity index (χ4v) is 2.98. The lowest BCUT2D eigenvalue weighted by Crippen LogP contribution is -1.98. The molecule has 0 aromatic heterocycles. The number of benzene rings is 3. The topological polar surface area (TPSA) is 9.23 Å². The molecule has 3 aromatic carbocycles. The van der Waals surface area contributed by atoms with E-state index in [2.05, 4.69) is 6.58 Å². The number of fused-ring (bicyclic) bond motifs is 1. The van der Waals surface area contributed by atoms with Gasteiger partial charge in [0, 0.05) is 5.56 Å². The Hall–Kier alpha value is -2.75. The van der Waals surface area contributed by atoms with E-state index in [1.807, 2.05) is 6.92 Å². The molecule has 0 radical (unpaired) electrons. The Morgan fingerprint density at radius 3 is 2.35 bits per heavy atom. The first-order chi connectivity index (χ1) is 12.6. The molecule has 0 unspecified atom stereocenters. The molecule has 3 rings (SSSR count). The van der Waals surface area contributed by atoms with Crippen molar-refractivity contribution in [3.8, 4) is 16.9 Å². The van der Waals surface area contributed by atoms with Crippen LogP contribution in [0.1, 0.15) is 18.9 Å². The van der Waals surface area contributed by atoms with Gasteiger partial charge in [-0.3, -0.25) is 0 Å². The van der Waals surface area contributed by atoms with Crippen LogP contribution in [0.5, 0.6) is 5.75 Å². The third-order valence-electron chi connectivity index (χ3n) is 4.26. The molecule has 0 amide bonds. The van der Waals surface area contributed by atoms with E-state index in [0.717, 1.165) is 6.42 Å². The summed E-state index contributed by atoms with van der Waals surface area (Å²) in [6.07, 6.45) is 2.83. The van der Waals surface area contributed by atoms with Crippen LogP contribution in [0.3, 0.4) is 0 Å². The van der Waals surface area contributed by atoms with E-state index < -0.39 is 17.5 Å². The minimum Gasteiger partial charge on any atom is -0.490 e. The minimum absolute atomic E-state index is 0.0907. The monoisotopic (exact) mass is 356 g/mol. The zero-order chi connectivity index (χ0) is 18.7. The Morgan fingerprint density at radius 2 is 1.69 bits per heavy atom. The van der Waals surface area contributed by atoms with Crippen molar-refractivity contribution in [3.05, 3.63) is 78.1 Å². The van der Waals surface area contributed by atoms with Crippen LogP contribution in [-0.2, 0) is 6.42 Å². The zero-order valence-electron chi connectivity index (χ0n) is 14.5. The molecule has 0 aliphatic heterocycles. The molecule has 0 bridgehead atoms. The fourth-order valence-electron chi connectivity index (χ4n) is 2.98. The molecule has 134 valence electrons. The smallest absolute Gasteiger partial charge is 0.170 e. The summed E-state index contributed by atoms with van der Waals surface area (Å²) in [5.41, 5.74) is 0.981. The Morgan fingerprint density at radius 1 is 0.962 bits per heavy atom. The van der Waals surface area contributed by atoms with Crippen molar-refractivity contribution in [2.24, 2.45) is 0 Å². The molecule has 0 N–H and O–H groups in total. The molecule has 0 saturated heterocycles. The minimum atomic E-state index is -1.15. The lowest BCUT2D eigenvalue weighted by molar-refractivity contribution is 0.363. The van der Waals surface area contributed by atoms with Crippen molar-refractivity contribution in [1.82, 2.24) is 0 Å². The fraction of sp³-hybridized carbons (Fsp3) is 0.182. The third kappa shape index (κ3) is 3.32. The van der Waals surface area contributed by atoms with Gasteiger partial charge in [0.15, 0.2) is 11.6 Å². The largest absolute Gasteiger partial charge is 0.490 e. The summed E-state index contributed by atoms with van der Waals surface area (Å²) < 4.78 is 49.2. The highest BCUT2D eigenvalue weighted by molar-refractivity contribution is 5.89. The summed E-state index contributed by atoms with van der Waals surface area (Å²) in [6.45, 7) is 5.84. The Balaban J connectivity index is 2.09. The molecule has 0 saturated carbocycles. The Kier molecular flexibility index (Phi) is 5.31. The van der Waals surface area contributed by atoms with Crippen molar-refractivity contribution in [2.75, 3.05) is 6.61 Å². The summed E-state index contributed by atoms with van der Waals surface area (Å²) in [6, 6.07) is 11.4. The SMILES string of the molecule is C=CCOc1ccc(-c2cc3ccc(CCC)c(F)c3c(F)c2F)cc1. The van der Waals surface area contributed by atoms with Crippen LogP contribution >= 0.6 is 0 Å². The van der Waals surface area contributed by atoms with E-state index in [1.165, 1.54) is 6.07 Å². The summed E-state index contributed by atoms with van der Waals surface area (Å²) in [5, 5.41) is 0.0476. The number of halogens is 3. The van der Waals surface area contributed by atoms with Crippen LogP contribution < -0.4 is 4.74 Å². The van der Waals surface area contributed by atoms with Gasteiger partial charge < -0.3 is 4.74 Å². The van der Waals surface area contributed by atoms with Crippen LogP contribution in [0, 0.1) is 17.5 Å². The molecule has 3 aromatic rings. The molecule has 0 fully saturated rings. The van der Waals surface area contributed by atoms with Crippen LogP contribution in [0.4, 0.5) is 13.2 Å². The molecule has 0 aliphatic carbocycles. The lowest BCUT2D eigenvalue weighted by atomic mass is 9.97. The van der Waals surface area contributed by atoms with Crippen LogP contribution in [-0.4, -0.2) is 6.61 Å². The zero-order valence-corrected chi connectivity index (χ0v) is 14.5. The van der Waals surface area contributed by atoms with Crippen molar-refractivity contribution in [1.29, 1.82) is 0 Å². The number of hydrogen-bond acceptors (Lipinski definition) is 1. The van der Waals surface area contributed by atoms with Gasteiger partial charge in [0.1, 0.15) is 18.2 Å². The summed E-state index contributed by atoms with van der Waals surface area (Å²) >= 11 is 0. The second kappa shape index (κ2) is 7.65. The summed E-state index contributed by atoms with van der Waals surface area (Å²) in [5.74, 6) is -2.28. The highest BCUT2D eigenvalue weighted by atomic mass is 19.2. The van der Waals surface area contributed by atoms with Gasteiger partial charge in [-0.1, -0.05) is 50.3 Å². The van der Waals surface area contributed by atoms with Gasteiger partial charge in [-0.25, -0.2) is 13.2 Å². The highest BCUT2D eigenvalue weighted by Crippen LogP contribution is 2.34. The summed E-state index contributed by atoms with van der Waals surface area (Å²) in [4.78, 5) is 0. The van der Waals surface area contributed by atoms with E-state index in [1.54, 1.807) is 42.5 Å². The average molecular weight is 356 g/mol. The second-order valence-electron chi connectivity index (χ2n) is 6.06. The van der Waals surface area contributed by atoms with Crippen LogP contribution in [0.15, 0.2) is 55.1 Å². The standard InChI is InChI=1S/C22H19F3O/c1-3-5-15-6-7-16-13-18(21(24)22(25)19(16)20(15)23)14-8-10-17(11-9-14)26-12-4-2/h4,6-11,13H,2-3,5,12H2,1H3. The quantitative estimate of drug-likeness (QED) is 0.462. The molecule has 4 heteroatoms. The first kappa shape index (κ1) is 18.1. The van der Waals surface area contributed by atoms with E-state index in [-0.39, 0.29) is 10.9 Å². The van der Waals surface area contributed by atoms with Gasteiger partial charge >= 0.3 is 0 Å². The Labute approximate surface area is 150 Å². The maximum atomic E-state index is 14.6. The molecular formula is C22H19F3O. The highest BCUT2D eigenvalue weighted by Gasteiger charge is 2.19. The number of hydrogen-bond donors (Lipinski definition) is 0. The van der Waals surface area contributed by atoms with E-state index >= 15 is 0 Å². The van der Waals surface area contributed by atoms with Gasteiger partial charge in [0.2, 0.25) is 0 Å². The molecule has 1 nitrogen and oxygen atoms in total. The molecule has 0 heterocycles. The van der Waals surface area contributed by atoms with Crippen LogP contribution in [0.2, 0.25) is 0 Å². The van der Waals surface area contributed by atoms with Crippen LogP contribution in [0.25, 0.3) is 21.9 Å². The van der Waals surface area contributed by atoms with E-state index in [9.17, 15) is 13.2 Å². The van der Waals surface area contributed by atoms with Crippen molar-refractivity contribution >= 4 is 10.8 Å². The third-order valence-corrected chi connectivity index (χ3v) is 4.26. The first-order valence-electron chi connectivity index (χ1n) is 8.50. The normalized spacial score (nSPS) is 10.9. The molecule has 0 spiro atoms. The number of rotatable bonds is 6. The van der Waals surface area contributed by atoms with Crippen molar-refractivity contribution < 1.29 is 17.9 Å². The number of ether oxygens (including phenoxy) is 1. The lowest BCUT2D eigenvalue weighted by Gasteiger charge is -2.12. The summed E-state index contributed by atoms with van der Waals surface area (Å²) in [7, 11) is 0. The maximum Gasteiger partial charge on any atom is 0.170 e.